The maximum atomic E-state index is 13.0. The molecular weight excluding hydrogens is 376 g/mol. The van der Waals surface area contributed by atoms with Crippen LogP contribution in [-0.4, -0.2) is 33.5 Å². The smallest absolute Gasteiger partial charge is 0.272 e. The molecule has 3 aliphatic rings. The second-order valence-corrected chi connectivity index (χ2v) is 9.07. The van der Waals surface area contributed by atoms with Gasteiger partial charge in [-0.05, 0) is 55.6 Å². The molecule has 1 aromatic carbocycles. The number of benzene rings is 1. The highest BCUT2D eigenvalue weighted by Crippen LogP contribution is 2.31. The Balaban J connectivity index is 1.25. The van der Waals surface area contributed by atoms with E-state index in [4.69, 9.17) is 0 Å². The molecule has 0 radical (unpaired) electrons. The van der Waals surface area contributed by atoms with Crippen molar-refractivity contribution >= 4 is 11.8 Å². The average molecular weight is 407 g/mol. The zero-order chi connectivity index (χ0) is 20.5. The van der Waals surface area contributed by atoms with Gasteiger partial charge in [0.15, 0.2) is 5.69 Å². The number of aromatic nitrogens is 2. The first-order valence-corrected chi connectivity index (χ1v) is 11.4. The van der Waals surface area contributed by atoms with Crippen LogP contribution >= 0.6 is 0 Å². The van der Waals surface area contributed by atoms with Gasteiger partial charge in [0.2, 0.25) is 5.91 Å². The molecule has 1 fully saturated rings. The van der Waals surface area contributed by atoms with Gasteiger partial charge >= 0.3 is 0 Å². The zero-order valence-corrected chi connectivity index (χ0v) is 17.5. The van der Waals surface area contributed by atoms with Crippen molar-refractivity contribution in [3.63, 3.8) is 0 Å². The quantitative estimate of drug-likeness (QED) is 0.813. The Morgan fingerprint density at radius 2 is 1.93 bits per heavy atom. The minimum atomic E-state index is -0.111. The summed E-state index contributed by atoms with van der Waals surface area (Å²) in [4.78, 5) is 27.7. The van der Waals surface area contributed by atoms with Gasteiger partial charge in [-0.15, -0.1) is 0 Å². The average Bonchev–Trinajstić information content (AvgIpc) is 3.43. The predicted octanol–water partition coefficient (Wildman–Crippen LogP) is 3.68. The third-order valence-corrected chi connectivity index (χ3v) is 7.11. The number of aromatic amines is 1. The number of carbonyl (C=O) groups is 2. The molecule has 0 spiro atoms. The lowest BCUT2D eigenvalue weighted by molar-refractivity contribution is -0.133. The van der Waals surface area contributed by atoms with Gasteiger partial charge in [-0.3, -0.25) is 14.7 Å². The van der Waals surface area contributed by atoms with Crippen LogP contribution in [0.1, 0.15) is 83.9 Å². The van der Waals surface area contributed by atoms with Crippen molar-refractivity contribution in [2.45, 2.75) is 70.4 Å². The van der Waals surface area contributed by atoms with Crippen LogP contribution in [0.15, 0.2) is 24.3 Å². The molecule has 158 valence electrons. The molecule has 0 bridgehead atoms. The maximum absolute atomic E-state index is 13.0. The minimum Gasteiger partial charge on any atom is -0.344 e. The lowest BCUT2D eigenvalue weighted by atomic mass is 9.87. The highest BCUT2D eigenvalue weighted by molar-refractivity contribution is 5.94. The van der Waals surface area contributed by atoms with Crippen LogP contribution in [0, 0.1) is 5.92 Å². The number of rotatable bonds is 4. The number of carbonyl (C=O) groups excluding carboxylic acids is 2. The maximum Gasteiger partial charge on any atom is 0.272 e. The monoisotopic (exact) mass is 406 g/mol. The Bertz CT molecular complexity index is 944. The number of fused-ring (bicyclic) bond motifs is 2. The van der Waals surface area contributed by atoms with Crippen molar-refractivity contribution in [2.24, 2.45) is 5.92 Å². The molecule has 2 heterocycles. The van der Waals surface area contributed by atoms with Gasteiger partial charge in [-0.2, -0.15) is 5.10 Å². The van der Waals surface area contributed by atoms with Crippen LogP contribution < -0.4 is 5.32 Å². The summed E-state index contributed by atoms with van der Waals surface area (Å²) in [6.45, 7) is 1.21. The van der Waals surface area contributed by atoms with E-state index in [1.165, 1.54) is 36.8 Å². The first-order valence-electron chi connectivity index (χ1n) is 11.4. The first kappa shape index (κ1) is 19.3. The summed E-state index contributed by atoms with van der Waals surface area (Å²) in [5.74, 6) is 0.687. The summed E-state index contributed by atoms with van der Waals surface area (Å²) in [6, 6.07) is 8.42. The molecule has 2 aliphatic carbocycles. The Kier molecular flexibility index (Phi) is 5.32. The third kappa shape index (κ3) is 3.75. The summed E-state index contributed by atoms with van der Waals surface area (Å²) < 4.78 is 0. The van der Waals surface area contributed by atoms with Gasteiger partial charge in [-0.1, -0.05) is 37.1 Å². The van der Waals surface area contributed by atoms with E-state index >= 15 is 0 Å². The van der Waals surface area contributed by atoms with E-state index in [-0.39, 0.29) is 17.9 Å². The normalized spacial score (nSPS) is 21.2. The Morgan fingerprint density at radius 1 is 1.10 bits per heavy atom. The molecule has 0 saturated heterocycles. The van der Waals surface area contributed by atoms with Crippen molar-refractivity contribution in [1.29, 1.82) is 0 Å². The van der Waals surface area contributed by atoms with Crippen LogP contribution in [0.3, 0.4) is 0 Å². The zero-order valence-electron chi connectivity index (χ0n) is 17.5. The SMILES string of the molecule is O=C(NC1CCCc2ccccc21)c1n[nH]c2c1CCN(C(=O)CC1CCCC1)C2. The van der Waals surface area contributed by atoms with E-state index in [1.54, 1.807) is 0 Å². The Labute approximate surface area is 177 Å². The van der Waals surface area contributed by atoms with Crippen molar-refractivity contribution in [2.75, 3.05) is 6.54 Å². The van der Waals surface area contributed by atoms with Crippen LogP contribution in [0.4, 0.5) is 0 Å². The van der Waals surface area contributed by atoms with Gasteiger partial charge in [0, 0.05) is 18.5 Å². The first-order chi connectivity index (χ1) is 14.7. The Hall–Kier alpha value is -2.63. The number of hydrogen-bond donors (Lipinski definition) is 2. The van der Waals surface area contributed by atoms with Gasteiger partial charge in [0.05, 0.1) is 18.3 Å². The van der Waals surface area contributed by atoms with E-state index in [0.717, 1.165) is 30.5 Å². The summed E-state index contributed by atoms with van der Waals surface area (Å²) in [5.41, 5.74) is 4.94. The van der Waals surface area contributed by atoms with Gasteiger partial charge < -0.3 is 10.2 Å². The lowest BCUT2D eigenvalue weighted by Crippen LogP contribution is -2.37. The molecule has 1 atom stereocenters. The molecule has 6 nitrogen and oxygen atoms in total. The molecular formula is C24H30N4O2. The molecule has 30 heavy (non-hydrogen) atoms. The van der Waals surface area contributed by atoms with E-state index in [0.29, 0.717) is 37.5 Å². The summed E-state index contributed by atoms with van der Waals surface area (Å²) in [7, 11) is 0. The summed E-state index contributed by atoms with van der Waals surface area (Å²) in [6.07, 6.45) is 9.35. The largest absolute Gasteiger partial charge is 0.344 e. The van der Waals surface area contributed by atoms with E-state index in [9.17, 15) is 9.59 Å². The number of nitrogens with one attached hydrogen (secondary N) is 2. The fraction of sp³-hybridized carbons (Fsp3) is 0.542. The molecule has 1 unspecified atom stereocenters. The Morgan fingerprint density at radius 3 is 2.80 bits per heavy atom. The second kappa shape index (κ2) is 8.25. The van der Waals surface area contributed by atoms with Gasteiger partial charge in [0.25, 0.3) is 5.91 Å². The summed E-state index contributed by atoms with van der Waals surface area (Å²) >= 11 is 0. The fourth-order valence-electron chi connectivity index (χ4n) is 5.44. The molecule has 2 amide bonds. The van der Waals surface area contributed by atoms with Crippen molar-refractivity contribution in [3.8, 4) is 0 Å². The molecule has 1 aliphatic heterocycles. The number of H-pyrrole nitrogens is 1. The topological polar surface area (TPSA) is 78.1 Å². The number of aryl methyl sites for hydroxylation is 1. The molecule has 6 heteroatoms. The number of hydrogen-bond acceptors (Lipinski definition) is 3. The molecule has 2 N–H and O–H groups in total. The summed E-state index contributed by atoms with van der Waals surface area (Å²) in [5, 5.41) is 10.6. The van der Waals surface area contributed by atoms with Crippen molar-refractivity contribution < 1.29 is 9.59 Å². The molecule has 5 rings (SSSR count). The highest BCUT2D eigenvalue weighted by Gasteiger charge is 2.30. The van der Waals surface area contributed by atoms with E-state index in [1.807, 2.05) is 11.0 Å². The van der Waals surface area contributed by atoms with E-state index in [2.05, 4.69) is 33.7 Å². The standard InChI is InChI=1S/C24H30N4O2/c29-22(14-16-6-1-2-7-16)28-13-12-19-21(15-28)26-27-23(19)24(30)25-20-11-5-9-17-8-3-4-10-18(17)20/h3-4,8,10,16,20H,1-2,5-7,9,11-15H2,(H,25,30)(H,26,27). The minimum absolute atomic E-state index is 0.0443. The van der Waals surface area contributed by atoms with Crippen LogP contribution in [0.2, 0.25) is 0 Å². The highest BCUT2D eigenvalue weighted by atomic mass is 16.2. The molecule has 1 saturated carbocycles. The second-order valence-electron chi connectivity index (χ2n) is 9.07. The van der Waals surface area contributed by atoms with E-state index < -0.39 is 0 Å². The van der Waals surface area contributed by atoms with Crippen LogP contribution in [0.25, 0.3) is 0 Å². The molecule has 2 aromatic rings. The third-order valence-electron chi connectivity index (χ3n) is 7.11. The predicted molar refractivity (Wildman–Crippen MR) is 114 cm³/mol. The van der Waals surface area contributed by atoms with Crippen molar-refractivity contribution in [1.82, 2.24) is 20.4 Å². The van der Waals surface area contributed by atoms with Gasteiger partial charge in [0.1, 0.15) is 0 Å². The fourth-order valence-corrected chi connectivity index (χ4v) is 5.44. The number of nitrogens with zero attached hydrogens (tertiary/aromatic N) is 2. The number of amides is 2. The van der Waals surface area contributed by atoms with Crippen LogP contribution in [-0.2, 0) is 24.2 Å². The van der Waals surface area contributed by atoms with Crippen LogP contribution in [0.5, 0.6) is 0 Å². The van der Waals surface area contributed by atoms with Crippen molar-refractivity contribution in [3.05, 3.63) is 52.3 Å². The lowest BCUT2D eigenvalue weighted by Gasteiger charge is -2.28. The molecule has 1 aromatic heterocycles. The van der Waals surface area contributed by atoms with Gasteiger partial charge in [-0.25, -0.2) is 0 Å².